The van der Waals surface area contributed by atoms with Crippen molar-refractivity contribution in [3.8, 4) is 0 Å². The molecule has 1 saturated carbocycles. The Morgan fingerprint density at radius 3 is 2.27 bits per heavy atom. The Morgan fingerprint density at radius 1 is 1.64 bits per heavy atom. The number of carbonyl (C=O) groups is 1. The van der Waals surface area contributed by atoms with Gasteiger partial charge in [0.15, 0.2) is 5.60 Å². The fraction of sp³-hybridized carbons (Fsp3) is 0.800. The van der Waals surface area contributed by atoms with Gasteiger partial charge in [-0.2, -0.15) is 4.21 Å². The highest BCUT2D eigenvalue weighted by atomic mass is 32.2. The van der Waals surface area contributed by atoms with E-state index >= 15 is 0 Å². The van der Waals surface area contributed by atoms with E-state index in [9.17, 15) is 9.00 Å². The number of hydrogen-bond acceptors (Lipinski definition) is 3. The minimum absolute atomic E-state index is 0.439. The summed E-state index contributed by atoms with van der Waals surface area (Å²) in [5.74, 6) is -0.661. The fourth-order valence-electron chi connectivity index (χ4n) is 1.01. The zero-order chi connectivity index (χ0) is 8.48. The van der Waals surface area contributed by atoms with Crippen molar-refractivity contribution in [3.63, 3.8) is 0 Å². The van der Waals surface area contributed by atoms with Crippen LogP contribution in [-0.4, -0.2) is 20.3 Å². The van der Waals surface area contributed by atoms with E-state index in [4.69, 9.17) is 10.3 Å². The quantitative estimate of drug-likeness (QED) is 0.574. The molecule has 1 fully saturated rings. The monoisotopic (exact) mass is 179 g/mol. The van der Waals surface area contributed by atoms with Crippen LogP contribution in [0.3, 0.4) is 0 Å². The second-order valence-electron chi connectivity index (χ2n) is 2.51. The third kappa shape index (κ3) is 1.58. The topological polar surface area (TPSA) is 89.6 Å². The van der Waals surface area contributed by atoms with E-state index in [0.29, 0.717) is 12.8 Å². The van der Waals surface area contributed by atoms with Crippen LogP contribution in [-0.2, 0) is 20.3 Å². The largest absolute Gasteiger partial charge is 0.367 e. The van der Waals surface area contributed by atoms with Crippen LogP contribution >= 0.6 is 0 Å². The highest BCUT2D eigenvalue weighted by Crippen LogP contribution is 2.35. The second kappa shape index (κ2) is 2.88. The summed E-state index contributed by atoms with van der Waals surface area (Å²) >= 11 is -2.41. The Morgan fingerprint density at radius 2 is 2.18 bits per heavy atom. The molecule has 0 aromatic carbocycles. The molecule has 0 heterocycles. The van der Waals surface area contributed by atoms with Gasteiger partial charge in [-0.05, 0) is 19.3 Å². The molecule has 11 heavy (non-hydrogen) atoms. The lowest BCUT2D eigenvalue weighted by Gasteiger charge is -2.35. The molecular weight excluding hydrogens is 170 g/mol. The Bertz CT molecular complexity index is 201. The lowest BCUT2D eigenvalue weighted by molar-refractivity contribution is -0.140. The van der Waals surface area contributed by atoms with Crippen LogP contribution in [0.2, 0.25) is 0 Å². The minimum atomic E-state index is -2.41. The van der Waals surface area contributed by atoms with Gasteiger partial charge in [-0.25, -0.2) is 0 Å². The first kappa shape index (κ1) is 8.63. The van der Waals surface area contributed by atoms with Gasteiger partial charge in [-0.1, -0.05) is 0 Å². The van der Waals surface area contributed by atoms with Crippen molar-refractivity contribution < 1.29 is 17.7 Å². The summed E-state index contributed by atoms with van der Waals surface area (Å²) in [6.45, 7) is 0. The van der Waals surface area contributed by atoms with Crippen LogP contribution in [0.5, 0.6) is 0 Å². The van der Waals surface area contributed by atoms with Crippen molar-refractivity contribution in [2.75, 3.05) is 0 Å². The molecule has 1 unspecified atom stereocenters. The third-order valence-electron chi connectivity index (χ3n) is 1.84. The van der Waals surface area contributed by atoms with Crippen LogP contribution in [0, 0.1) is 0 Å². The molecule has 0 aromatic heterocycles. The van der Waals surface area contributed by atoms with Gasteiger partial charge < -0.3 is 5.73 Å². The molecule has 64 valence electrons. The zero-order valence-corrected chi connectivity index (χ0v) is 6.60. The summed E-state index contributed by atoms with van der Waals surface area (Å²) in [4.78, 5) is 10.7. The molecule has 1 aliphatic rings. The molecule has 0 saturated heterocycles. The number of amides is 1. The Kier molecular flexibility index (Phi) is 2.26. The summed E-state index contributed by atoms with van der Waals surface area (Å²) in [6.07, 6.45) is 1.68. The molecule has 3 N–H and O–H groups in total. The third-order valence-corrected chi connectivity index (χ3v) is 2.30. The molecular formula is C5H9NO4S. The highest BCUT2D eigenvalue weighted by Gasteiger charge is 2.46. The molecule has 0 bridgehead atoms. The van der Waals surface area contributed by atoms with Gasteiger partial charge in [0, 0.05) is 0 Å². The van der Waals surface area contributed by atoms with Crippen molar-refractivity contribution >= 4 is 17.3 Å². The summed E-state index contributed by atoms with van der Waals surface area (Å²) in [5, 5.41) is 0. The van der Waals surface area contributed by atoms with E-state index in [1.54, 1.807) is 0 Å². The fourth-order valence-corrected chi connectivity index (χ4v) is 1.53. The molecule has 1 rings (SSSR count). The van der Waals surface area contributed by atoms with Gasteiger partial charge in [0.25, 0.3) is 5.91 Å². The Hall–Kier alpha value is -0.460. The van der Waals surface area contributed by atoms with Gasteiger partial charge in [0.05, 0.1) is 0 Å². The summed E-state index contributed by atoms with van der Waals surface area (Å²) in [6, 6.07) is 0. The number of hydrogen-bond donors (Lipinski definition) is 2. The molecule has 1 aliphatic carbocycles. The maximum atomic E-state index is 10.7. The minimum Gasteiger partial charge on any atom is -0.367 e. The summed E-state index contributed by atoms with van der Waals surface area (Å²) in [7, 11) is 0. The van der Waals surface area contributed by atoms with Crippen molar-refractivity contribution in [3.05, 3.63) is 0 Å². The SMILES string of the molecule is NC(=O)C1(OS(=O)O)CCC1. The van der Waals surface area contributed by atoms with E-state index in [1.807, 2.05) is 0 Å². The predicted octanol–water partition coefficient (Wildman–Crippen LogP) is -0.452. The van der Waals surface area contributed by atoms with Crippen LogP contribution in [0.1, 0.15) is 19.3 Å². The van der Waals surface area contributed by atoms with Crippen LogP contribution in [0.25, 0.3) is 0 Å². The van der Waals surface area contributed by atoms with Crippen molar-refractivity contribution in [1.29, 1.82) is 0 Å². The zero-order valence-electron chi connectivity index (χ0n) is 5.78. The lowest BCUT2D eigenvalue weighted by atomic mass is 9.80. The van der Waals surface area contributed by atoms with Gasteiger partial charge in [-0.15, -0.1) is 0 Å². The molecule has 6 heteroatoms. The van der Waals surface area contributed by atoms with E-state index in [2.05, 4.69) is 4.18 Å². The average Bonchev–Trinajstić information content (AvgIpc) is 1.77. The first-order valence-electron chi connectivity index (χ1n) is 3.17. The first-order chi connectivity index (χ1) is 5.07. The van der Waals surface area contributed by atoms with Crippen LogP contribution in [0.4, 0.5) is 0 Å². The number of carbonyl (C=O) groups excluding carboxylic acids is 1. The van der Waals surface area contributed by atoms with Crippen molar-refractivity contribution in [2.45, 2.75) is 24.9 Å². The number of rotatable bonds is 3. The first-order valence-corrected chi connectivity index (χ1v) is 4.20. The van der Waals surface area contributed by atoms with E-state index in [0.717, 1.165) is 6.42 Å². The number of primary amides is 1. The summed E-state index contributed by atoms with van der Waals surface area (Å²) < 4.78 is 23.0. The maximum Gasteiger partial charge on any atom is 0.302 e. The van der Waals surface area contributed by atoms with Gasteiger partial charge in [-0.3, -0.25) is 13.5 Å². The standard InChI is InChI=1S/C5H9NO4S/c6-4(7)5(2-1-3-5)10-11(8)9/h1-3H2,(H2,6,7)(H,8,9). The lowest BCUT2D eigenvalue weighted by Crippen LogP contribution is -2.51. The van der Waals surface area contributed by atoms with Crippen molar-refractivity contribution in [1.82, 2.24) is 0 Å². The van der Waals surface area contributed by atoms with E-state index in [-0.39, 0.29) is 0 Å². The van der Waals surface area contributed by atoms with Crippen LogP contribution in [0.15, 0.2) is 0 Å². The molecule has 0 aromatic rings. The Labute approximate surface area is 66.4 Å². The highest BCUT2D eigenvalue weighted by molar-refractivity contribution is 7.74. The molecule has 0 radical (unpaired) electrons. The maximum absolute atomic E-state index is 10.7. The normalized spacial score (nSPS) is 23.7. The van der Waals surface area contributed by atoms with Crippen LogP contribution < -0.4 is 5.73 Å². The molecule has 1 atom stereocenters. The molecule has 0 spiro atoms. The van der Waals surface area contributed by atoms with E-state index < -0.39 is 22.9 Å². The molecule has 1 amide bonds. The summed E-state index contributed by atoms with van der Waals surface area (Å²) in [5.41, 5.74) is 3.80. The number of nitrogens with two attached hydrogens (primary N) is 1. The average molecular weight is 179 g/mol. The predicted molar refractivity (Wildman–Crippen MR) is 37.6 cm³/mol. The Balaban J connectivity index is 2.61. The molecule has 5 nitrogen and oxygen atoms in total. The van der Waals surface area contributed by atoms with E-state index in [1.165, 1.54) is 0 Å². The van der Waals surface area contributed by atoms with Gasteiger partial charge >= 0.3 is 11.4 Å². The van der Waals surface area contributed by atoms with Gasteiger partial charge in [0.2, 0.25) is 0 Å². The van der Waals surface area contributed by atoms with Crippen molar-refractivity contribution in [2.24, 2.45) is 5.73 Å². The molecule has 0 aliphatic heterocycles. The van der Waals surface area contributed by atoms with Gasteiger partial charge in [0.1, 0.15) is 0 Å². The second-order valence-corrected chi connectivity index (χ2v) is 3.11. The smallest absolute Gasteiger partial charge is 0.302 e.